The molecule has 20 heavy (non-hydrogen) atoms. The Kier molecular flexibility index (Phi) is 3.97. The zero-order valence-corrected chi connectivity index (χ0v) is 10.1. The van der Waals surface area contributed by atoms with Gasteiger partial charge in [0, 0.05) is 0 Å². The first-order valence-electron chi connectivity index (χ1n) is 5.59. The highest BCUT2D eigenvalue weighted by atomic mass is 19.4. The number of hydrogen-bond acceptors (Lipinski definition) is 3. The van der Waals surface area contributed by atoms with Crippen LogP contribution in [0.25, 0.3) is 0 Å². The number of carbonyl (C=O) groups excluding carboxylic acids is 1. The summed E-state index contributed by atoms with van der Waals surface area (Å²) >= 11 is 0. The summed E-state index contributed by atoms with van der Waals surface area (Å²) in [6.07, 6.45) is -4.14. The first-order chi connectivity index (χ1) is 9.47. The van der Waals surface area contributed by atoms with Crippen molar-refractivity contribution in [3.63, 3.8) is 0 Å². The zero-order chi connectivity index (χ0) is 14.6. The number of rotatable bonds is 3. The number of halogens is 3. The number of ether oxygens (including phenoxy) is 1. The van der Waals surface area contributed by atoms with Crippen LogP contribution >= 0.6 is 0 Å². The highest BCUT2D eigenvalue weighted by molar-refractivity contribution is 5.85. The Bertz CT molecular complexity index is 579. The fourth-order valence-corrected chi connectivity index (χ4v) is 1.52. The van der Waals surface area contributed by atoms with Crippen molar-refractivity contribution >= 4 is 11.8 Å². The molecule has 2 aromatic rings. The Hall–Kier alpha value is -2.44. The van der Waals surface area contributed by atoms with Gasteiger partial charge in [-0.25, -0.2) is 4.79 Å². The lowest BCUT2D eigenvalue weighted by atomic mass is 10.2. The van der Waals surface area contributed by atoms with E-state index in [1.807, 2.05) is 0 Å². The minimum atomic E-state index is -4.55. The predicted octanol–water partition coefficient (Wildman–Crippen LogP) is 4.05. The molecule has 1 amide bonds. The molecule has 0 unspecified atom stereocenters. The van der Waals surface area contributed by atoms with Gasteiger partial charge in [0.1, 0.15) is 5.76 Å². The molecule has 0 saturated heterocycles. The SMILES string of the molecule is O=C(Nc1ccccc1C(F)(F)F)OCc1ccco1. The normalized spacial score (nSPS) is 11.2. The van der Waals surface area contributed by atoms with E-state index in [2.05, 4.69) is 5.32 Å². The number of anilines is 1. The van der Waals surface area contributed by atoms with Crippen LogP contribution in [-0.4, -0.2) is 6.09 Å². The summed E-state index contributed by atoms with van der Waals surface area (Å²) in [5.41, 5.74) is -1.29. The van der Waals surface area contributed by atoms with Crippen LogP contribution in [0, 0.1) is 0 Å². The van der Waals surface area contributed by atoms with E-state index in [9.17, 15) is 18.0 Å². The Balaban J connectivity index is 2.01. The molecule has 1 N–H and O–H groups in total. The Morgan fingerprint density at radius 1 is 1.20 bits per heavy atom. The molecular weight excluding hydrogens is 275 g/mol. The van der Waals surface area contributed by atoms with E-state index in [1.165, 1.54) is 18.4 Å². The zero-order valence-electron chi connectivity index (χ0n) is 10.1. The van der Waals surface area contributed by atoms with Crippen molar-refractivity contribution < 1.29 is 27.1 Å². The molecule has 0 aliphatic carbocycles. The van der Waals surface area contributed by atoms with Gasteiger partial charge in [0.2, 0.25) is 0 Å². The van der Waals surface area contributed by atoms with Gasteiger partial charge in [-0.05, 0) is 24.3 Å². The predicted molar refractivity (Wildman–Crippen MR) is 64.0 cm³/mol. The van der Waals surface area contributed by atoms with Gasteiger partial charge in [-0.15, -0.1) is 0 Å². The fraction of sp³-hybridized carbons (Fsp3) is 0.154. The first-order valence-corrected chi connectivity index (χ1v) is 5.59. The van der Waals surface area contributed by atoms with Crippen molar-refractivity contribution in [1.29, 1.82) is 0 Å². The molecule has 0 fully saturated rings. The van der Waals surface area contributed by atoms with Gasteiger partial charge in [0.15, 0.2) is 6.61 Å². The quantitative estimate of drug-likeness (QED) is 0.925. The Morgan fingerprint density at radius 3 is 2.60 bits per heavy atom. The molecule has 0 saturated carbocycles. The van der Waals surface area contributed by atoms with Gasteiger partial charge in [-0.2, -0.15) is 13.2 Å². The summed E-state index contributed by atoms with van der Waals surface area (Å²) < 4.78 is 47.8. The molecule has 1 aromatic heterocycles. The topological polar surface area (TPSA) is 51.5 Å². The van der Waals surface area contributed by atoms with Crippen molar-refractivity contribution in [2.75, 3.05) is 5.32 Å². The molecule has 0 bridgehead atoms. The van der Waals surface area contributed by atoms with Crippen molar-refractivity contribution in [2.24, 2.45) is 0 Å². The lowest BCUT2D eigenvalue weighted by molar-refractivity contribution is -0.136. The maximum atomic E-state index is 12.7. The van der Waals surface area contributed by atoms with Crippen molar-refractivity contribution in [2.45, 2.75) is 12.8 Å². The number of benzene rings is 1. The van der Waals surface area contributed by atoms with E-state index in [-0.39, 0.29) is 12.3 Å². The summed E-state index contributed by atoms with van der Waals surface area (Å²) in [6, 6.07) is 7.84. The minimum Gasteiger partial charge on any atom is -0.466 e. The largest absolute Gasteiger partial charge is 0.466 e. The van der Waals surface area contributed by atoms with Crippen LogP contribution in [0.15, 0.2) is 47.1 Å². The van der Waals surface area contributed by atoms with Gasteiger partial charge >= 0.3 is 12.3 Å². The lowest BCUT2D eigenvalue weighted by Gasteiger charge is -2.13. The maximum Gasteiger partial charge on any atom is 0.418 e. The van der Waals surface area contributed by atoms with E-state index >= 15 is 0 Å². The summed E-state index contributed by atoms with van der Waals surface area (Å²) in [6.45, 7) is -0.160. The summed E-state index contributed by atoms with van der Waals surface area (Å²) in [4.78, 5) is 11.4. The second-order valence-corrected chi connectivity index (χ2v) is 3.82. The number of hydrogen-bond donors (Lipinski definition) is 1. The average Bonchev–Trinajstić information content (AvgIpc) is 2.89. The van der Waals surface area contributed by atoms with Crippen LogP contribution in [0.4, 0.5) is 23.7 Å². The monoisotopic (exact) mass is 285 g/mol. The third-order valence-electron chi connectivity index (χ3n) is 2.39. The fourth-order valence-electron chi connectivity index (χ4n) is 1.52. The van der Waals surface area contributed by atoms with Crippen LogP contribution < -0.4 is 5.32 Å². The van der Waals surface area contributed by atoms with Gasteiger partial charge < -0.3 is 9.15 Å². The molecule has 0 radical (unpaired) electrons. The van der Waals surface area contributed by atoms with Gasteiger partial charge in [-0.3, -0.25) is 5.32 Å². The van der Waals surface area contributed by atoms with E-state index in [0.717, 1.165) is 12.1 Å². The molecule has 0 aliphatic heterocycles. The number of amides is 1. The highest BCUT2D eigenvalue weighted by Gasteiger charge is 2.33. The third kappa shape index (κ3) is 3.53. The minimum absolute atomic E-state index is 0.160. The second-order valence-electron chi connectivity index (χ2n) is 3.82. The van der Waals surface area contributed by atoms with Crippen molar-refractivity contribution in [3.8, 4) is 0 Å². The number of para-hydroxylation sites is 1. The molecule has 1 aromatic carbocycles. The third-order valence-corrected chi connectivity index (χ3v) is 2.39. The standard InChI is InChI=1S/C13H10F3NO3/c14-13(15,16)10-5-1-2-6-11(10)17-12(18)20-8-9-4-3-7-19-9/h1-7H,8H2,(H,17,18). The number of furan rings is 1. The smallest absolute Gasteiger partial charge is 0.418 e. The molecule has 0 spiro atoms. The van der Waals surface area contributed by atoms with Crippen molar-refractivity contribution in [3.05, 3.63) is 54.0 Å². The summed E-state index contributed by atoms with van der Waals surface area (Å²) in [5, 5.41) is 2.06. The van der Waals surface area contributed by atoms with E-state index in [1.54, 1.807) is 12.1 Å². The molecular formula is C13H10F3NO3. The van der Waals surface area contributed by atoms with Crippen LogP contribution in [0.5, 0.6) is 0 Å². The van der Waals surface area contributed by atoms with Crippen LogP contribution in [0.2, 0.25) is 0 Å². The molecule has 7 heteroatoms. The lowest BCUT2D eigenvalue weighted by Crippen LogP contribution is -2.17. The molecule has 0 atom stereocenters. The molecule has 4 nitrogen and oxygen atoms in total. The summed E-state index contributed by atoms with van der Waals surface area (Å²) in [5.74, 6) is 0.393. The van der Waals surface area contributed by atoms with Gasteiger partial charge in [0.05, 0.1) is 17.5 Å². The Labute approximate surface area is 112 Å². The van der Waals surface area contributed by atoms with E-state index in [0.29, 0.717) is 5.76 Å². The van der Waals surface area contributed by atoms with Crippen LogP contribution in [0.1, 0.15) is 11.3 Å². The van der Waals surface area contributed by atoms with Crippen molar-refractivity contribution in [1.82, 2.24) is 0 Å². The number of alkyl halides is 3. The van der Waals surface area contributed by atoms with Crippen LogP contribution in [-0.2, 0) is 17.5 Å². The molecule has 106 valence electrons. The maximum absolute atomic E-state index is 12.7. The molecule has 1 heterocycles. The van der Waals surface area contributed by atoms with Gasteiger partial charge in [0.25, 0.3) is 0 Å². The highest BCUT2D eigenvalue weighted by Crippen LogP contribution is 2.34. The summed E-state index contributed by atoms with van der Waals surface area (Å²) in [7, 11) is 0. The van der Waals surface area contributed by atoms with E-state index in [4.69, 9.17) is 9.15 Å². The average molecular weight is 285 g/mol. The van der Waals surface area contributed by atoms with Crippen LogP contribution in [0.3, 0.4) is 0 Å². The molecule has 2 rings (SSSR count). The molecule has 0 aliphatic rings. The number of nitrogens with one attached hydrogen (secondary N) is 1. The second kappa shape index (κ2) is 5.68. The van der Waals surface area contributed by atoms with Gasteiger partial charge in [-0.1, -0.05) is 12.1 Å². The Morgan fingerprint density at radius 2 is 1.95 bits per heavy atom. The number of carbonyl (C=O) groups is 1. The first kappa shape index (κ1) is 14.0. The van der Waals surface area contributed by atoms with E-state index < -0.39 is 17.8 Å².